The van der Waals surface area contributed by atoms with E-state index in [-0.39, 0.29) is 5.91 Å². The molecule has 0 aliphatic carbocycles. The summed E-state index contributed by atoms with van der Waals surface area (Å²) in [4.78, 5) is 12.0. The molecule has 0 atom stereocenters. The standard InChI is InChI=1S/C16H24N2O2/c1-2-3-10-20-11-4-8-18-16(19)14-5-6-15-13(12-14)7-9-17-15/h5-6,12,17H,2-4,7-11H2,1H3,(H,18,19). The van der Waals surface area contributed by atoms with Crippen molar-refractivity contribution in [3.05, 3.63) is 29.3 Å². The van der Waals surface area contributed by atoms with Crippen LogP contribution in [0.25, 0.3) is 0 Å². The third kappa shape index (κ3) is 4.23. The summed E-state index contributed by atoms with van der Waals surface area (Å²) in [6.45, 7) is 5.32. The lowest BCUT2D eigenvalue weighted by atomic mass is 10.1. The van der Waals surface area contributed by atoms with Crippen molar-refractivity contribution in [1.29, 1.82) is 0 Å². The van der Waals surface area contributed by atoms with E-state index in [0.717, 1.165) is 50.1 Å². The molecular weight excluding hydrogens is 252 g/mol. The van der Waals surface area contributed by atoms with Gasteiger partial charge in [0.05, 0.1) is 0 Å². The molecule has 0 saturated carbocycles. The molecule has 0 saturated heterocycles. The number of amides is 1. The van der Waals surface area contributed by atoms with Gasteiger partial charge in [-0.1, -0.05) is 13.3 Å². The third-order valence-corrected chi connectivity index (χ3v) is 3.47. The first-order valence-corrected chi connectivity index (χ1v) is 7.54. The molecule has 2 N–H and O–H groups in total. The van der Waals surface area contributed by atoms with Gasteiger partial charge >= 0.3 is 0 Å². The van der Waals surface area contributed by atoms with Crippen LogP contribution in [0.2, 0.25) is 0 Å². The van der Waals surface area contributed by atoms with Gasteiger partial charge in [-0.3, -0.25) is 4.79 Å². The predicted molar refractivity (Wildman–Crippen MR) is 81.3 cm³/mol. The molecule has 4 nitrogen and oxygen atoms in total. The van der Waals surface area contributed by atoms with Gasteiger partial charge in [0, 0.05) is 37.6 Å². The largest absolute Gasteiger partial charge is 0.384 e. The minimum absolute atomic E-state index is 0.00765. The van der Waals surface area contributed by atoms with Gasteiger partial charge in [0.15, 0.2) is 0 Å². The van der Waals surface area contributed by atoms with Gasteiger partial charge in [0.25, 0.3) is 5.91 Å². The molecule has 1 heterocycles. The maximum absolute atomic E-state index is 12.0. The van der Waals surface area contributed by atoms with E-state index in [2.05, 4.69) is 17.6 Å². The van der Waals surface area contributed by atoms with Crippen LogP contribution in [0.4, 0.5) is 5.69 Å². The fourth-order valence-corrected chi connectivity index (χ4v) is 2.27. The van der Waals surface area contributed by atoms with Crippen molar-refractivity contribution in [2.45, 2.75) is 32.6 Å². The van der Waals surface area contributed by atoms with Crippen LogP contribution >= 0.6 is 0 Å². The number of anilines is 1. The lowest BCUT2D eigenvalue weighted by molar-refractivity contribution is 0.0940. The maximum atomic E-state index is 12.0. The quantitative estimate of drug-likeness (QED) is 0.718. The van der Waals surface area contributed by atoms with Gasteiger partial charge in [-0.2, -0.15) is 0 Å². The summed E-state index contributed by atoms with van der Waals surface area (Å²) < 4.78 is 5.46. The van der Waals surface area contributed by atoms with Gasteiger partial charge in [-0.05, 0) is 43.0 Å². The van der Waals surface area contributed by atoms with E-state index in [1.165, 1.54) is 5.56 Å². The summed E-state index contributed by atoms with van der Waals surface area (Å²) in [5.41, 5.74) is 3.14. The lowest BCUT2D eigenvalue weighted by Gasteiger charge is -2.07. The van der Waals surface area contributed by atoms with Gasteiger partial charge in [-0.25, -0.2) is 0 Å². The normalized spacial score (nSPS) is 12.8. The van der Waals surface area contributed by atoms with Crippen molar-refractivity contribution in [3.63, 3.8) is 0 Å². The Hall–Kier alpha value is -1.55. The number of fused-ring (bicyclic) bond motifs is 1. The molecule has 0 unspecified atom stereocenters. The van der Waals surface area contributed by atoms with Crippen LogP contribution in [0.1, 0.15) is 42.1 Å². The van der Waals surface area contributed by atoms with Crippen molar-refractivity contribution in [1.82, 2.24) is 5.32 Å². The highest BCUT2D eigenvalue weighted by atomic mass is 16.5. The van der Waals surface area contributed by atoms with E-state index >= 15 is 0 Å². The third-order valence-electron chi connectivity index (χ3n) is 3.47. The van der Waals surface area contributed by atoms with E-state index in [1.54, 1.807) is 0 Å². The van der Waals surface area contributed by atoms with Crippen molar-refractivity contribution < 1.29 is 9.53 Å². The number of carbonyl (C=O) groups is 1. The summed E-state index contributed by atoms with van der Waals surface area (Å²) in [5.74, 6) is 0.00765. The Morgan fingerprint density at radius 1 is 1.35 bits per heavy atom. The van der Waals surface area contributed by atoms with Crippen LogP contribution in [-0.4, -0.2) is 32.2 Å². The van der Waals surface area contributed by atoms with Crippen molar-refractivity contribution >= 4 is 11.6 Å². The predicted octanol–water partition coefficient (Wildman–Crippen LogP) is 2.59. The van der Waals surface area contributed by atoms with E-state index in [9.17, 15) is 4.79 Å². The minimum atomic E-state index is 0.00765. The zero-order chi connectivity index (χ0) is 14.2. The fourth-order valence-electron chi connectivity index (χ4n) is 2.27. The Morgan fingerprint density at radius 2 is 2.20 bits per heavy atom. The Balaban J connectivity index is 1.67. The molecule has 20 heavy (non-hydrogen) atoms. The Morgan fingerprint density at radius 3 is 3.05 bits per heavy atom. The van der Waals surface area contributed by atoms with Crippen molar-refractivity contribution in [2.75, 3.05) is 31.6 Å². The van der Waals surface area contributed by atoms with Crippen LogP contribution < -0.4 is 10.6 Å². The van der Waals surface area contributed by atoms with Gasteiger partial charge in [0.2, 0.25) is 0 Å². The molecule has 0 aromatic heterocycles. The first-order valence-electron chi connectivity index (χ1n) is 7.54. The Bertz CT molecular complexity index is 446. The molecule has 0 fully saturated rings. The molecule has 0 radical (unpaired) electrons. The second kappa shape index (κ2) is 7.90. The number of rotatable bonds is 8. The maximum Gasteiger partial charge on any atom is 0.251 e. The van der Waals surface area contributed by atoms with Crippen LogP contribution in [0.3, 0.4) is 0 Å². The number of ether oxygens (including phenoxy) is 1. The zero-order valence-corrected chi connectivity index (χ0v) is 12.2. The fraction of sp³-hybridized carbons (Fsp3) is 0.562. The zero-order valence-electron chi connectivity index (χ0n) is 12.2. The molecule has 1 aliphatic heterocycles. The van der Waals surface area contributed by atoms with Crippen LogP contribution in [0, 0.1) is 0 Å². The van der Waals surface area contributed by atoms with Crippen LogP contribution in [0.5, 0.6) is 0 Å². The Kier molecular flexibility index (Phi) is 5.87. The SMILES string of the molecule is CCCCOCCCNC(=O)c1ccc2c(c1)CCN2. The topological polar surface area (TPSA) is 50.4 Å². The molecule has 4 heteroatoms. The van der Waals surface area contributed by atoms with Crippen molar-refractivity contribution in [2.24, 2.45) is 0 Å². The second-order valence-electron chi connectivity index (χ2n) is 5.12. The number of hydrogen-bond acceptors (Lipinski definition) is 3. The highest BCUT2D eigenvalue weighted by Gasteiger charge is 2.12. The summed E-state index contributed by atoms with van der Waals surface area (Å²) in [5, 5.41) is 6.24. The highest BCUT2D eigenvalue weighted by molar-refractivity contribution is 5.95. The monoisotopic (exact) mass is 276 g/mol. The average molecular weight is 276 g/mol. The number of carbonyl (C=O) groups excluding carboxylic acids is 1. The molecule has 110 valence electrons. The number of benzene rings is 1. The first kappa shape index (κ1) is 14.9. The number of unbranched alkanes of at least 4 members (excludes halogenated alkanes) is 1. The summed E-state index contributed by atoms with van der Waals surface area (Å²) in [6.07, 6.45) is 4.13. The summed E-state index contributed by atoms with van der Waals surface area (Å²) in [6, 6.07) is 5.86. The van der Waals surface area contributed by atoms with Gasteiger partial charge < -0.3 is 15.4 Å². The Labute approximate surface area is 120 Å². The molecule has 0 bridgehead atoms. The summed E-state index contributed by atoms with van der Waals surface area (Å²) in [7, 11) is 0. The minimum Gasteiger partial charge on any atom is -0.384 e. The van der Waals surface area contributed by atoms with Crippen LogP contribution in [0.15, 0.2) is 18.2 Å². The van der Waals surface area contributed by atoms with Gasteiger partial charge in [-0.15, -0.1) is 0 Å². The average Bonchev–Trinajstić information content (AvgIpc) is 2.93. The highest BCUT2D eigenvalue weighted by Crippen LogP contribution is 2.22. The van der Waals surface area contributed by atoms with Crippen molar-refractivity contribution in [3.8, 4) is 0 Å². The number of hydrogen-bond donors (Lipinski definition) is 2. The molecule has 1 aromatic carbocycles. The molecule has 1 aliphatic rings. The van der Waals surface area contributed by atoms with E-state index in [0.29, 0.717) is 13.2 Å². The van der Waals surface area contributed by atoms with Gasteiger partial charge in [0.1, 0.15) is 0 Å². The van der Waals surface area contributed by atoms with E-state index < -0.39 is 0 Å². The smallest absolute Gasteiger partial charge is 0.251 e. The number of nitrogens with one attached hydrogen (secondary N) is 2. The molecule has 0 spiro atoms. The van der Waals surface area contributed by atoms with Crippen LogP contribution in [-0.2, 0) is 11.2 Å². The molecule has 1 amide bonds. The molecule has 1 aromatic rings. The van der Waals surface area contributed by atoms with E-state index in [4.69, 9.17) is 4.74 Å². The first-order chi connectivity index (χ1) is 9.81. The summed E-state index contributed by atoms with van der Waals surface area (Å²) >= 11 is 0. The second-order valence-corrected chi connectivity index (χ2v) is 5.12. The molecule has 2 rings (SSSR count). The lowest BCUT2D eigenvalue weighted by Crippen LogP contribution is -2.25. The molecular formula is C16H24N2O2. The van der Waals surface area contributed by atoms with E-state index in [1.807, 2.05) is 18.2 Å².